The lowest BCUT2D eigenvalue weighted by Gasteiger charge is -2.17. The number of aromatic carboxylic acids is 1. The van der Waals surface area contributed by atoms with Gasteiger partial charge in [0.25, 0.3) is 23.6 Å². The Labute approximate surface area is 341 Å². The lowest BCUT2D eigenvalue weighted by atomic mass is 10.1. The van der Waals surface area contributed by atoms with Gasteiger partial charge in [0.2, 0.25) is 5.91 Å². The first-order valence-corrected chi connectivity index (χ1v) is 17.6. The molecule has 0 unspecified atom stereocenters. The number of phenols is 2. The first-order valence-electron chi connectivity index (χ1n) is 17.6. The second-order valence-electron chi connectivity index (χ2n) is 12.5. The quantitative estimate of drug-likeness (QED) is 0.0673. The van der Waals surface area contributed by atoms with Crippen molar-refractivity contribution >= 4 is 58.3 Å². The van der Waals surface area contributed by atoms with Gasteiger partial charge in [-0.15, -0.1) is 0 Å². The van der Waals surface area contributed by atoms with Crippen molar-refractivity contribution in [2.24, 2.45) is 0 Å². The number of hydrogen-bond acceptors (Lipinski definition) is 12. The van der Waals surface area contributed by atoms with Crippen molar-refractivity contribution in [3.05, 3.63) is 125 Å². The molecule has 0 spiro atoms. The van der Waals surface area contributed by atoms with Crippen LogP contribution in [0.4, 0.5) is 22.7 Å². The molecule has 0 radical (unpaired) electrons. The topological polar surface area (TPSA) is 275 Å². The van der Waals surface area contributed by atoms with E-state index in [1.165, 1.54) is 80.9 Å². The lowest BCUT2D eigenvalue weighted by molar-refractivity contribution is -0.117. The number of nitrogens with one attached hydrogen (secondary N) is 5. The molecule has 8 N–H and O–H groups in total. The zero-order chi connectivity index (χ0) is 43.5. The third-order valence-corrected chi connectivity index (χ3v) is 8.73. The average Bonchev–Trinajstić information content (AvgIpc) is 3.24. The van der Waals surface area contributed by atoms with Crippen LogP contribution < -0.4 is 40.8 Å². The molecule has 0 fully saturated rings. The minimum absolute atomic E-state index is 0.0157. The Bertz CT molecular complexity index is 2500. The van der Waals surface area contributed by atoms with E-state index < -0.39 is 52.7 Å². The summed E-state index contributed by atoms with van der Waals surface area (Å²) >= 11 is 0. The van der Waals surface area contributed by atoms with Crippen LogP contribution in [0, 0.1) is 11.3 Å². The molecule has 0 heterocycles. The van der Waals surface area contributed by atoms with Gasteiger partial charge in [-0.1, -0.05) is 0 Å². The van der Waals surface area contributed by atoms with Gasteiger partial charge in [-0.2, -0.15) is 5.26 Å². The SMILES string of the molecule is COc1ccc(C(=O)Nc2ccc(C(=O)N[C@@H](CC#N)C(=O)Nc3ccc(C(=O)Nc4ccc(C(=O)Nc5ccc(C(=O)O)c(O)c5OC)c(O)c4OC)cc3)cc2)cc1. The number of nitrogens with zero attached hydrogens (tertiary/aromatic N) is 1. The number of aromatic hydroxyl groups is 2. The lowest BCUT2D eigenvalue weighted by Crippen LogP contribution is -2.43. The molecule has 0 aliphatic carbocycles. The minimum Gasteiger partial charge on any atom is -0.504 e. The van der Waals surface area contributed by atoms with E-state index in [-0.39, 0.29) is 57.6 Å². The fraction of sp³-hybridized carbons (Fsp3) is 0.119. The average molecular weight is 817 g/mol. The van der Waals surface area contributed by atoms with Crippen molar-refractivity contribution in [3.63, 3.8) is 0 Å². The third-order valence-electron chi connectivity index (χ3n) is 8.73. The fourth-order valence-corrected chi connectivity index (χ4v) is 5.62. The number of ether oxygens (including phenoxy) is 3. The molecule has 0 aliphatic rings. The zero-order valence-electron chi connectivity index (χ0n) is 32.0. The van der Waals surface area contributed by atoms with Crippen molar-refractivity contribution in [2.45, 2.75) is 12.5 Å². The number of anilines is 4. The summed E-state index contributed by atoms with van der Waals surface area (Å²) in [5, 5.41) is 52.6. The first kappa shape index (κ1) is 42.6. The number of carboxylic acids is 1. The summed E-state index contributed by atoms with van der Waals surface area (Å²) in [5.41, 5.74) is 0.448. The maximum Gasteiger partial charge on any atom is 0.339 e. The van der Waals surface area contributed by atoms with Gasteiger partial charge in [0, 0.05) is 28.1 Å². The fourth-order valence-electron chi connectivity index (χ4n) is 5.62. The monoisotopic (exact) mass is 816 g/mol. The summed E-state index contributed by atoms with van der Waals surface area (Å²) in [5.74, 6) is -6.07. The maximum absolute atomic E-state index is 13.2. The highest BCUT2D eigenvalue weighted by atomic mass is 16.5. The number of phenolic OH excluding ortho intramolecular Hbond substituents is 1. The van der Waals surface area contributed by atoms with Gasteiger partial charge in [0.1, 0.15) is 17.4 Å². The molecule has 5 amide bonds. The van der Waals surface area contributed by atoms with Crippen molar-refractivity contribution in [3.8, 4) is 34.8 Å². The summed E-state index contributed by atoms with van der Waals surface area (Å²) in [6.07, 6.45) is -0.360. The molecule has 306 valence electrons. The highest BCUT2D eigenvalue weighted by molar-refractivity contribution is 6.10. The van der Waals surface area contributed by atoms with Gasteiger partial charge < -0.3 is 56.1 Å². The Morgan fingerprint density at radius 1 is 0.567 bits per heavy atom. The largest absolute Gasteiger partial charge is 0.504 e. The van der Waals surface area contributed by atoms with Crippen LogP contribution in [0.1, 0.15) is 58.2 Å². The summed E-state index contributed by atoms with van der Waals surface area (Å²) in [4.78, 5) is 76.4. The number of hydrogen-bond donors (Lipinski definition) is 8. The molecule has 1 atom stereocenters. The van der Waals surface area contributed by atoms with Crippen LogP contribution in [-0.4, -0.2) is 78.2 Å². The smallest absolute Gasteiger partial charge is 0.339 e. The van der Waals surface area contributed by atoms with Gasteiger partial charge in [0.05, 0.1) is 50.8 Å². The molecule has 0 aliphatic heterocycles. The van der Waals surface area contributed by atoms with Crippen LogP contribution >= 0.6 is 0 Å². The second kappa shape index (κ2) is 19.0. The number of carboxylic acid groups (broad SMARTS) is 1. The van der Waals surface area contributed by atoms with Gasteiger partial charge >= 0.3 is 5.97 Å². The van der Waals surface area contributed by atoms with Gasteiger partial charge in [0.15, 0.2) is 23.0 Å². The van der Waals surface area contributed by atoms with Crippen LogP contribution in [0.25, 0.3) is 0 Å². The van der Waals surface area contributed by atoms with Gasteiger partial charge in [-0.25, -0.2) is 4.79 Å². The van der Waals surface area contributed by atoms with E-state index in [4.69, 9.17) is 14.2 Å². The molecule has 0 bridgehead atoms. The van der Waals surface area contributed by atoms with E-state index in [0.29, 0.717) is 17.0 Å². The van der Waals surface area contributed by atoms with Crippen molar-refractivity contribution < 1.29 is 58.3 Å². The van der Waals surface area contributed by atoms with Crippen LogP contribution in [0.2, 0.25) is 0 Å². The number of amides is 5. The normalized spacial score (nSPS) is 10.8. The summed E-state index contributed by atoms with van der Waals surface area (Å²) in [6, 6.07) is 23.4. The standard InChI is InChI=1S/C42H36N6O12/c1-58-27-14-8-24(9-15-27)37(51)44-25-10-4-23(5-11-25)39(53)48-32(20-21-43)41(55)45-26-12-6-22(7-13-26)38(52)46-30-18-16-28(33(49)35(30)59-2)40(54)47-31-19-17-29(42(56)57)34(50)36(31)60-3/h4-19,32,49-50H,20H2,1-3H3,(H,44,51)(H,45,55)(H,46,52)(H,47,54)(H,48,53)(H,56,57)/t32-/m0/s1. The predicted octanol–water partition coefficient (Wildman–Crippen LogP) is 5.23. The van der Waals surface area contributed by atoms with Crippen molar-refractivity contribution in [2.75, 3.05) is 42.6 Å². The molecule has 18 heteroatoms. The summed E-state index contributed by atoms with van der Waals surface area (Å²) in [7, 11) is 3.87. The number of nitriles is 1. The van der Waals surface area contributed by atoms with Crippen molar-refractivity contribution in [1.82, 2.24) is 5.32 Å². The van der Waals surface area contributed by atoms with Crippen LogP contribution in [-0.2, 0) is 4.79 Å². The molecule has 0 saturated heterocycles. The number of benzene rings is 5. The van der Waals surface area contributed by atoms with E-state index in [1.54, 1.807) is 24.3 Å². The Kier molecular flexibility index (Phi) is 13.5. The summed E-state index contributed by atoms with van der Waals surface area (Å²) in [6.45, 7) is 0. The van der Waals surface area contributed by atoms with Gasteiger partial charge in [-0.3, -0.25) is 24.0 Å². The highest BCUT2D eigenvalue weighted by Crippen LogP contribution is 2.40. The first-order chi connectivity index (χ1) is 28.8. The highest BCUT2D eigenvalue weighted by Gasteiger charge is 2.25. The molecule has 5 rings (SSSR count). The molecule has 18 nitrogen and oxygen atoms in total. The van der Waals surface area contributed by atoms with Crippen LogP contribution in [0.3, 0.4) is 0 Å². The molecular formula is C42H36N6O12. The molecule has 60 heavy (non-hydrogen) atoms. The number of carbonyl (C=O) groups excluding carboxylic acids is 5. The van der Waals surface area contributed by atoms with Crippen molar-refractivity contribution in [1.29, 1.82) is 5.26 Å². The van der Waals surface area contributed by atoms with E-state index in [1.807, 2.05) is 6.07 Å². The zero-order valence-corrected chi connectivity index (χ0v) is 32.0. The molecule has 0 saturated carbocycles. The summed E-state index contributed by atoms with van der Waals surface area (Å²) < 4.78 is 15.4. The number of rotatable bonds is 15. The third kappa shape index (κ3) is 9.85. The Balaban J connectivity index is 1.19. The van der Waals surface area contributed by atoms with Crippen LogP contribution in [0.5, 0.6) is 28.7 Å². The Morgan fingerprint density at radius 2 is 1.02 bits per heavy atom. The number of methoxy groups -OCH3 is 3. The minimum atomic E-state index is -1.42. The van der Waals surface area contributed by atoms with E-state index in [2.05, 4.69) is 26.6 Å². The second-order valence-corrected chi connectivity index (χ2v) is 12.5. The predicted molar refractivity (Wildman–Crippen MR) is 216 cm³/mol. The molecule has 0 aromatic heterocycles. The van der Waals surface area contributed by atoms with E-state index in [9.17, 15) is 49.3 Å². The number of carbonyl (C=O) groups is 6. The van der Waals surface area contributed by atoms with E-state index in [0.717, 1.165) is 13.2 Å². The van der Waals surface area contributed by atoms with Gasteiger partial charge in [-0.05, 0) is 97.1 Å². The Morgan fingerprint density at radius 3 is 1.52 bits per heavy atom. The van der Waals surface area contributed by atoms with Crippen LogP contribution in [0.15, 0.2) is 97.1 Å². The van der Waals surface area contributed by atoms with E-state index >= 15 is 0 Å². The Hall–Kier alpha value is -8.59. The molecule has 5 aromatic rings. The molecular weight excluding hydrogens is 780 g/mol. The molecule has 5 aromatic carbocycles. The maximum atomic E-state index is 13.2.